The van der Waals surface area contributed by atoms with Crippen molar-refractivity contribution in [1.29, 1.82) is 0 Å². The van der Waals surface area contributed by atoms with Gasteiger partial charge < -0.3 is 15.0 Å². The van der Waals surface area contributed by atoms with E-state index in [2.05, 4.69) is 5.32 Å². The van der Waals surface area contributed by atoms with Crippen LogP contribution in [-0.2, 0) is 26.2 Å². The minimum Gasteiger partial charge on any atom is -0.497 e. The van der Waals surface area contributed by atoms with Crippen molar-refractivity contribution >= 4 is 27.5 Å². The van der Waals surface area contributed by atoms with Crippen molar-refractivity contribution in [2.75, 3.05) is 24.5 Å². The molecule has 0 saturated heterocycles. The Morgan fingerprint density at radius 2 is 1.62 bits per heavy atom. The molecule has 40 heavy (non-hydrogen) atoms. The van der Waals surface area contributed by atoms with Gasteiger partial charge in [-0.25, -0.2) is 8.42 Å². The summed E-state index contributed by atoms with van der Waals surface area (Å²) in [6, 6.07) is 21.6. The van der Waals surface area contributed by atoms with Crippen LogP contribution in [0.3, 0.4) is 0 Å². The first-order valence-corrected chi connectivity index (χ1v) is 14.9. The highest BCUT2D eigenvalue weighted by atomic mass is 32.2. The van der Waals surface area contributed by atoms with Crippen molar-refractivity contribution < 1.29 is 22.7 Å². The predicted octanol–water partition coefficient (Wildman–Crippen LogP) is 4.78. The number of benzene rings is 3. The Morgan fingerprint density at radius 1 is 0.950 bits per heavy atom. The fourth-order valence-corrected chi connectivity index (χ4v) is 5.89. The van der Waals surface area contributed by atoms with Crippen LogP contribution in [0.15, 0.2) is 83.8 Å². The lowest BCUT2D eigenvalue weighted by Crippen LogP contribution is -2.52. The van der Waals surface area contributed by atoms with Crippen LogP contribution in [-0.4, -0.2) is 51.4 Å². The quantitative estimate of drug-likeness (QED) is 0.322. The second-order valence-corrected chi connectivity index (χ2v) is 11.9. The first kappa shape index (κ1) is 30.7. The van der Waals surface area contributed by atoms with Crippen LogP contribution in [0.5, 0.6) is 5.75 Å². The van der Waals surface area contributed by atoms with E-state index in [9.17, 15) is 18.0 Å². The van der Waals surface area contributed by atoms with Gasteiger partial charge in [0.2, 0.25) is 11.8 Å². The van der Waals surface area contributed by atoms with Crippen LogP contribution in [0.2, 0.25) is 0 Å². The standard InChI is InChI=1S/C31H39N3O5S/c1-6-28(31(36)32-20-23(2)3)33(21-25-14-12-15-26(19-25)39-5)30(35)22-34(29-18-11-10-13-24(29)4)40(37,38)27-16-8-7-9-17-27/h7-19,23,28H,6,20-22H2,1-5H3,(H,32,36)/t28-/m0/s1. The maximum atomic E-state index is 14.1. The van der Waals surface area contributed by atoms with Crippen LogP contribution in [0.25, 0.3) is 0 Å². The third kappa shape index (κ3) is 7.63. The molecule has 0 spiro atoms. The number of amides is 2. The van der Waals surface area contributed by atoms with Crippen molar-refractivity contribution in [3.05, 3.63) is 90.0 Å². The average molecular weight is 566 g/mol. The number of methoxy groups -OCH3 is 1. The molecule has 0 fully saturated rings. The van der Waals surface area contributed by atoms with E-state index in [1.165, 1.54) is 17.0 Å². The molecule has 0 aromatic heterocycles. The van der Waals surface area contributed by atoms with Crippen molar-refractivity contribution in [3.63, 3.8) is 0 Å². The van der Waals surface area contributed by atoms with E-state index >= 15 is 0 Å². The normalized spacial score (nSPS) is 12.1. The Hall–Kier alpha value is -3.85. The molecule has 0 bridgehead atoms. The second-order valence-electron chi connectivity index (χ2n) is 10.0. The van der Waals surface area contributed by atoms with Gasteiger partial charge in [-0.05, 0) is 60.7 Å². The van der Waals surface area contributed by atoms with Crippen LogP contribution in [0.4, 0.5) is 5.69 Å². The summed E-state index contributed by atoms with van der Waals surface area (Å²) in [6.45, 7) is 7.73. The summed E-state index contributed by atoms with van der Waals surface area (Å²) in [7, 11) is -2.54. The van der Waals surface area contributed by atoms with E-state index < -0.39 is 28.5 Å². The number of aryl methyl sites for hydroxylation is 1. The molecule has 3 aromatic rings. The second kappa shape index (κ2) is 14.0. The number of carbonyl (C=O) groups excluding carboxylic acids is 2. The largest absolute Gasteiger partial charge is 0.497 e. The molecular weight excluding hydrogens is 526 g/mol. The van der Waals surface area contributed by atoms with E-state index in [1.54, 1.807) is 62.6 Å². The van der Waals surface area contributed by atoms with Gasteiger partial charge in [0.1, 0.15) is 18.3 Å². The number of carbonyl (C=O) groups is 2. The zero-order valence-electron chi connectivity index (χ0n) is 23.8. The van der Waals surface area contributed by atoms with Gasteiger partial charge in [0, 0.05) is 13.1 Å². The van der Waals surface area contributed by atoms with Crippen LogP contribution >= 0.6 is 0 Å². The molecule has 1 N–H and O–H groups in total. The van der Waals surface area contributed by atoms with Gasteiger partial charge in [-0.15, -0.1) is 0 Å². The molecule has 214 valence electrons. The maximum absolute atomic E-state index is 14.1. The van der Waals surface area contributed by atoms with Crippen molar-refractivity contribution in [2.45, 2.75) is 51.6 Å². The molecule has 0 unspecified atom stereocenters. The summed E-state index contributed by atoms with van der Waals surface area (Å²) in [4.78, 5) is 29.0. The number of ether oxygens (including phenoxy) is 1. The van der Waals surface area contributed by atoms with Crippen LogP contribution in [0.1, 0.15) is 38.3 Å². The molecule has 0 aliphatic carbocycles. The summed E-state index contributed by atoms with van der Waals surface area (Å²) in [6.07, 6.45) is 0.357. The summed E-state index contributed by atoms with van der Waals surface area (Å²) in [5.74, 6) is 0.0879. The minimum absolute atomic E-state index is 0.0760. The van der Waals surface area contributed by atoms with Gasteiger partial charge in [-0.3, -0.25) is 13.9 Å². The molecule has 0 heterocycles. The molecular formula is C31H39N3O5S. The molecule has 0 saturated carbocycles. The Balaban J connectivity index is 2.06. The number of hydrogen-bond acceptors (Lipinski definition) is 5. The molecule has 0 aliphatic heterocycles. The van der Waals surface area contributed by atoms with E-state index in [4.69, 9.17) is 4.74 Å². The monoisotopic (exact) mass is 565 g/mol. The number of nitrogens with one attached hydrogen (secondary N) is 1. The fraction of sp³-hybridized carbons (Fsp3) is 0.355. The van der Waals surface area contributed by atoms with Gasteiger partial charge in [0.05, 0.1) is 17.7 Å². The highest BCUT2D eigenvalue weighted by Gasteiger charge is 2.34. The summed E-state index contributed by atoms with van der Waals surface area (Å²) in [5, 5.41) is 2.94. The number of anilines is 1. The first-order valence-electron chi connectivity index (χ1n) is 13.4. The van der Waals surface area contributed by atoms with Crippen LogP contribution < -0.4 is 14.4 Å². The van der Waals surface area contributed by atoms with Crippen molar-refractivity contribution in [3.8, 4) is 5.75 Å². The molecule has 3 rings (SSSR count). The lowest BCUT2D eigenvalue weighted by atomic mass is 10.1. The van der Waals surface area contributed by atoms with Gasteiger partial charge in [0.25, 0.3) is 10.0 Å². The number of sulfonamides is 1. The highest BCUT2D eigenvalue weighted by Crippen LogP contribution is 2.27. The van der Waals surface area contributed by atoms with E-state index in [0.29, 0.717) is 30.0 Å². The SMILES string of the molecule is CC[C@@H](C(=O)NCC(C)C)N(Cc1cccc(OC)c1)C(=O)CN(c1ccccc1C)S(=O)(=O)c1ccccc1. The van der Waals surface area contributed by atoms with Crippen molar-refractivity contribution in [1.82, 2.24) is 10.2 Å². The number of hydrogen-bond donors (Lipinski definition) is 1. The topological polar surface area (TPSA) is 96.0 Å². The minimum atomic E-state index is -4.10. The zero-order valence-corrected chi connectivity index (χ0v) is 24.6. The smallest absolute Gasteiger partial charge is 0.264 e. The lowest BCUT2D eigenvalue weighted by Gasteiger charge is -2.33. The first-order chi connectivity index (χ1) is 19.1. The molecule has 1 atom stereocenters. The Labute approximate surface area is 238 Å². The Bertz CT molecular complexity index is 1390. The molecule has 2 amide bonds. The summed E-state index contributed by atoms with van der Waals surface area (Å²) >= 11 is 0. The van der Waals surface area contributed by atoms with E-state index in [1.807, 2.05) is 39.0 Å². The summed E-state index contributed by atoms with van der Waals surface area (Å²) in [5.41, 5.74) is 1.87. The molecule has 9 heteroatoms. The third-order valence-corrected chi connectivity index (χ3v) is 8.33. The van der Waals surface area contributed by atoms with E-state index in [0.717, 1.165) is 9.87 Å². The number of nitrogens with zero attached hydrogens (tertiary/aromatic N) is 2. The molecule has 3 aromatic carbocycles. The van der Waals surface area contributed by atoms with Gasteiger partial charge in [-0.2, -0.15) is 0 Å². The van der Waals surface area contributed by atoms with Crippen LogP contribution in [0, 0.1) is 12.8 Å². The fourth-order valence-electron chi connectivity index (χ4n) is 4.39. The highest BCUT2D eigenvalue weighted by molar-refractivity contribution is 7.92. The van der Waals surface area contributed by atoms with Gasteiger partial charge in [0.15, 0.2) is 0 Å². The number of rotatable bonds is 13. The maximum Gasteiger partial charge on any atom is 0.264 e. The van der Waals surface area contributed by atoms with Gasteiger partial charge >= 0.3 is 0 Å². The zero-order chi connectivity index (χ0) is 29.3. The summed E-state index contributed by atoms with van der Waals surface area (Å²) < 4.78 is 34.3. The molecule has 0 radical (unpaired) electrons. The molecule has 0 aliphatic rings. The lowest BCUT2D eigenvalue weighted by molar-refractivity contribution is -0.140. The van der Waals surface area contributed by atoms with Crippen molar-refractivity contribution in [2.24, 2.45) is 5.92 Å². The Kier molecular flexibility index (Phi) is 10.7. The number of para-hydroxylation sites is 1. The average Bonchev–Trinajstić information content (AvgIpc) is 2.95. The van der Waals surface area contributed by atoms with Gasteiger partial charge in [-0.1, -0.05) is 69.3 Å². The van der Waals surface area contributed by atoms with E-state index in [-0.39, 0.29) is 23.3 Å². The Morgan fingerprint density at radius 3 is 2.25 bits per heavy atom. The molecule has 8 nitrogen and oxygen atoms in total. The predicted molar refractivity (Wildman–Crippen MR) is 158 cm³/mol. The third-order valence-electron chi connectivity index (χ3n) is 6.55.